The van der Waals surface area contributed by atoms with Crippen molar-refractivity contribution in [2.24, 2.45) is 5.73 Å². The molecule has 4 rings (SSSR count). The van der Waals surface area contributed by atoms with Crippen molar-refractivity contribution in [3.05, 3.63) is 83.0 Å². The summed E-state index contributed by atoms with van der Waals surface area (Å²) in [6.07, 6.45) is -6.41. The number of sulfonamides is 1. The van der Waals surface area contributed by atoms with Gasteiger partial charge in [0.25, 0.3) is 0 Å². The molecule has 2 aliphatic rings. The molecule has 2 heterocycles. The van der Waals surface area contributed by atoms with Crippen LogP contribution in [0.25, 0.3) is 10.8 Å². The number of phosphoric ester groups is 2. The smallest absolute Gasteiger partial charge is 0.480 e. The van der Waals surface area contributed by atoms with E-state index in [9.17, 15) is 96.0 Å². The number of aliphatic carboxylic acids is 2. The van der Waals surface area contributed by atoms with Crippen molar-refractivity contribution < 1.29 is 133 Å². The Kier molecular flexibility index (Phi) is 39.9. The number of ether oxygens (including phenoxy) is 4. The number of benzene rings is 2. The van der Waals surface area contributed by atoms with Gasteiger partial charge < -0.3 is 107 Å². The Balaban J connectivity index is 1.43. The maximum Gasteiger partial charge on any atom is 0.483 e. The number of aliphatic hydroxyl groups excluding tert-OH is 4. The molecule has 2 aliphatic heterocycles. The van der Waals surface area contributed by atoms with Crippen LogP contribution >= 0.6 is 15.6 Å². The van der Waals surface area contributed by atoms with E-state index in [1.165, 1.54) is 19.9 Å². The molecule has 0 spiro atoms. The zero-order chi connectivity index (χ0) is 84.1. The Morgan fingerprint density at radius 1 is 0.598 bits per heavy atom. The number of hydrogen-bond acceptors (Lipinski definition) is 26. The molecule has 112 heavy (non-hydrogen) atoms. The Hall–Kier alpha value is -7.50. The summed E-state index contributed by atoms with van der Waals surface area (Å²) in [5, 5.41) is 79.9. The maximum atomic E-state index is 14.1. The highest BCUT2D eigenvalue weighted by Gasteiger charge is 2.55. The molecule has 0 saturated carbocycles. The number of nitrogens with zero attached hydrogens (tertiary/aromatic N) is 1. The number of anilines is 1. The number of nitrogens with one attached hydrogen (secondary N) is 8. The van der Waals surface area contributed by atoms with Crippen LogP contribution in [0.1, 0.15) is 140 Å². The van der Waals surface area contributed by atoms with Crippen molar-refractivity contribution in [1.29, 1.82) is 0 Å². The molecule has 7 amide bonds. The number of amides is 7. The second-order valence-corrected chi connectivity index (χ2v) is 32.4. The van der Waals surface area contributed by atoms with Crippen LogP contribution in [0.15, 0.2) is 87.9 Å². The molecule has 38 nitrogen and oxygen atoms in total. The molecule has 0 radical (unpaired) electrons. The molecule has 41 heteroatoms. The molecule has 18 atom stereocenters. The third-order valence-corrected chi connectivity index (χ3v) is 22.0. The van der Waals surface area contributed by atoms with Crippen LogP contribution < -0.4 is 52.6 Å². The minimum Gasteiger partial charge on any atom is -0.480 e. The summed E-state index contributed by atoms with van der Waals surface area (Å²) >= 11 is 0. The number of nitrogens with two attached hydrogens (primary N) is 1. The molecule has 18 N–H and O–H groups in total. The van der Waals surface area contributed by atoms with Gasteiger partial charge in [0.1, 0.15) is 85.0 Å². The quantitative estimate of drug-likeness (QED) is 0.0253. The summed E-state index contributed by atoms with van der Waals surface area (Å²) in [4.78, 5) is 140. The number of phosphoric acid groups is 2. The number of carboxylic acids is 2. The van der Waals surface area contributed by atoms with E-state index in [2.05, 4.69) is 52.3 Å². The predicted molar refractivity (Wildman–Crippen MR) is 406 cm³/mol. The zero-order valence-electron chi connectivity index (χ0n) is 64.9. The summed E-state index contributed by atoms with van der Waals surface area (Å²) in [5.41, 5.74) is 10.3. The van der Waals surface area contributed by atoms with E-state index in [0.29, 0.717) is 43.1 Å². The van der Waals surface area contributed by atoms with Crippen molar-refractivity contribution in [1.82, 2.24) is 41.9 Å². The van der Waals surface area contributed by atoms with E-state index in [0.717, 1.165) is 74.8 Å². The van der Waals surface area contributed by atoms with Gasteiger partial charge in [-0.05, 0) is 138 Å². The highest BCUT2D eigenvalue weighted by Crippen LogP contribution is 2.61. The van der Waals surface area contributed by atoms with Crippen molar-refractivity contribution in [3.8, 4) is 0 Å². The van der Waals surface area contributed by atoms with Crippen LogP contribution in [-0.4, -0.2) is 247 Å². The topological polar surface area (TPSA) is 574 Å². The Labute approximate surface area is 651 Å². The Morgan fingerprint density at radius 2 is 1.13 bits per heavy atom. The van der Waals surface area contributed by atoms with Gasteiger partial charge in [0.05, 0.1) is 24.7 Å². The number of carbonyl (C=O) groups excluding carboxylic acids is 7. The molecule has 0 aliphatic carbocycles. The van der Waals surface area contributed by atoms with Crippen molar-refractivity contribution in [2.75, 3.05) is 51.9 Å². The third-order valence-electron chi connectivity index (χ3n) is 18.0. The number of aliphatic hydroxyl groups is 4. The first kappa shape index (κ1) is 96.9. The molecule has 0 aromatic heterocycles. The summed E-state index contributed by atoms with van der Waals surface area (Å²) in [6.45, 7) is 11.8. The maximum absolute atomic E-state index is 14.1. The van der Waals surface area contributed by atoms with E-state index in [4.69, 9.17) is 38.8 Å². The largest absolute Gasteiger partial charge is 0.483 e. The van der Waals surface area contributed by atoms with E-state index in [1.807, 2.05) is 70.1 Å². The van der Waals surface area contributed by atoms with Gasteiger partial charge in [0.2, 0.25) is 51.4 Å². The third kappa shape index (κ3) is 31.7. The van der Waals surface area contributed by atoms with Crippen molar-refractivity contribution in [2.45, 2.75) is 242 Å². The van der Waals surface area contributed by atoms with Crippen LogP contribution in [0, 0.1) is 0 Å². The number of hydrogen-bond donors (Lipinski definition) is 17. The second kappa shape index (κ2) is 46.1. The fraction of sp³-hybridized carbons (Fsp3) is 0.620. The molecule has 630 valence electrons. The van der Waals surface area contributed by atoms with Gasteiger partial charge in [-0.15, -0.1) is 0 Å². The van der Waals surface area contributed by atoms with E-state index in [1.54, 1.807) is 25.1 Å². The number of fused-ring (bicyclic) bond motifs is 1. The molecule has 2 saturated heterocycles. The molecule has 0 bridgehead atoms. The number of allylic oxidation sites excluding steroid dienone is 6. The standard InChI is InChI=1S/C71H112N10O28P2S/c1-39(20-17-21-40(2)23-19-25-42(4)36-73-112(101,102)56-31-30-53(81(11)12)49-26-13-14-27-50(49)56)22-18-24-41(3)33-35-103-110(97,98)109-111(99,100)108-71-59(78-48(10)85)63(62(55(38-83)106-71)107-70-58(77-47(9)84)61(88)60(87)54(37-82)105-70)104-46(8)66(91)74-44(6)65(90)80-52(69(95)96)29-32-57(86)79-51(28-15-16-34-72)67(92)75-43(5)64(89)76-45(7)68(93)94/h13-14,21-22,25-27,30-31,33,43-46,51-52,54-55,58-63,70-71,73,82-83,87-88H,15-20,23-24,28-29,32,34-38,72H2,1-12H3,(H,74,91)(H,75,92)(H,76,89)(H,77,84)(H,78,85)(H,79,86)(H,80,90)(H,93,94)(H,95,96)(H,97,98)(H,99,100)/b39-22-,40-21-,41-33-,42-25-/t43-,44+,45-,46-,51+,52-,54-,55-,58-,59-,60-,61-,62-,63-,70+,71-/m1/s1. The van der Waals surface area contributed by atoms with Crippen LogP contribution in [0.3, 0.4) is 0 Å². The van der Waals surface area contributed by atoms with Gasteiger partial charge in [-0.3, -0.25) is 47.4 Å². The Morgan fingerprint density at radius 3 is 1.69 bits per heavy atom. The minimum atomic E-state index is -5.97. The normalized spacial score (nSPS) is 23.3. The van der Waals surface area contributed by atoms with Crippen molar-refractivity contribution in [3.63, 3.8) is 0 Å². The zero-order valence-corrected chi connectivity index (χ0v) is 67.5. The summed E-state index contributed by atoms with van der Waals surface area (Å²) < 4.78 is 95.6. The predicted octanol–water partition coefficient (Wildman–Crippen LogP) is 1.45. The fourth-order valence-electron chi connectivity index (χ4n) is 11.7. The fourth-order valence-corrected chi connectivity index (χ4v) is 15.1. The van der Waals surface area contributed by atoms with Crippen LogP contribution in [0.5, 0.6) is 0 Å². The van der Waals surface area contributed by atoms with E-state index in [-0.39, 0.29) is 24.4 Å². The monoisotopic (exact) mass is 1650 g/mol. The first-order valence-corrected chi connectivity index (χ1v) is 40.8. The summed E-state index contributed by atoms with van der Waals surface area (Å²) in [6, 6.07) is -0.251. The average Bonchev–Trinajstić information content (AvgIpc) is 0.776. The number of rotatable bonds is 47. The number of carboxylic acid groups (broad SMARTS) is 2. The number of carbonyl (C=O) groups is 9. The lowest BCUT2D eigenvalue weighted by atomic mass is 9.94. The second-order valence-electron chi connectivity index (χ2n) is 27.7. The average molecular weight is 1650 g/mol. The van der Waals surface area contributed by atoms with E-state index >= 15 is 0 Å². The van der Waals surface area contributed by atoms with Crippen molar-refractivity contribution >= 4 is 95.4 Å². The molecular weight excluding hydrogens is 1530 g/mol. The molecule has 2 aromatic carbocycles. The van der Waals surface area contributed by atoms with Crippen LogP contribution in [0.2, 0.25) is 0 Å². The molecule has 2 fully saturated rings. The highest BCUT2D eigenvalue weighted by atomic mass is 32.2. The molecular formula is C71H112N10O28P2S. The lowest BCUT2D eigenvalue weighted by Crippen LogP contribution is -2.70. The highest BCUT2D eigenvalue weighted by molar-refractivity contribution is 7.89. The van der Waals surface area contributed by atoms with Gasteiger partial charge in [-0.2, -0.15) is 4.31 Å². The van der Waals surface area contributed by atoms with E-state index < -0.39 is 209 Å². The SMILES string of the molecule is CC(=O)N[C@H]1[C@H](O[C@H]2[C@H](O[C@H](C)C(=O)N[C@@H](C)C(=O)N[C@H](CCC(=O)N[C@@H](CCCCN)C(=O)N[C@H](C)C(=O)N[C@H](C)C(=O)O)C(=O)O)[C@@H](NC(C)=O)[C@@H](OP(=O)(O)OP(=O)(O)OC/C=C(/C)CC/C=C(/C)CC/C=C(/C)CC/C=C(/C)CNS(=O)(=O)c3ccc(N(C)C)c4ccccc34)O[C@@H]2CO)O[C@H](CO)[C@@H](O)[C@@H]1O. The lowest BCUT2D eigenvalue weighted by molar-refractivity contribution is -0.331. The lowest BCUT2D eigenvalue weighted by Gasteiger charge is -2.49. The van der Waals surface area contributed by atoms with Gasteiger partial charge in [-0.1, -0.05) is 70.9 Å². The van der Waals surface area contributed by atoms with Gasteiger partial charge in [-0.25, -0.2) is 27.1 Å². The van der Waals surface area contributed by atoms with Crippen LogP contribution in [-0.2, 0) is 94.6 Å². The molecule has 2 aromatic rings. The molecule has 2 unspecified atom stereocenters. The Bertz CT molecular complexity index is 3900. The first-order chi connectivity index (χ1) is 52.4. The first-order valence-electron chi connectivity index (χ1n) is 36.4. The summed E-state index contributed by atoms with van der Waals surface area (Å²) in [5.74, 6) is -9.69. The minimum absolute atomic E-state index is 0.0111. The van der Waals surface area contributed by atoms with Crippen LogP contribution in [0.4, 0.5) is 5.69 Å². The van der Waals surface area contributed by atoms with Gasteiger partial charge >= 0.3 is 27.6 Å². The number of unbranched alkanes of at least 4 members (excludes halogenated alkanes) is 1. The van der Waals surface area contributed by atoms with Gasteiger partial charge in [0.15, 0.2) is 12.6 Å². The summed E-state index contributed by atoms with van der Waals surface area (Å²) in [7, 11) is -11.6. The van der Waals surface area contributed by atoms with Gasteiger partial charge in [0, 0.05) is 57.4 Å².